The lowest BCUT2D eigenvalue weighted by Gasteiger charge is -2.22. The summed E-state index contributed by atoms with van der Waals surface area (Å²) in [6.07, 6.45) is 3.43. The lowest BCUT2D eigenvalue weighted by molar-refractivity contribution is -0.0110. The summed E-state index contributed by atoms with van der Waals surface area (Å²) in [5.74, 6) is 0.139. The van der Waals surface area contributed by atoms with Crippen LogP contribution in [0.2, 0.25) is 0 Å². The van der Waals surface area contributed by atoms with Gasteiger partial charge in [0.05, 0.1) is 18.8 Å². The van der Waals surface area contributed by atoms with Gasteiger partial charge in [-0.2, -0.15) is 0 Å². The van der Waals surface area contributed by atoms with Crippen LogP contribution >= 0.6 is 0 Å². The summed E-state index contributed by atoms with van der Waals surface area (Å²) in [7, 11) is 1.32. The van der Waals surface area contributed by atoms with E-state index in [0.717, 1.165) is 19.4 Å². The summed E-state index contributed by atoms with van der Waals surface area (Å²) < 4.78 is 15.9. The van der Waals surface area contributed by atoms with Crippen molar-refractivity contribution in [2.45, 2.75) is 25.4 Å². The average molecular weight is 265 g/mol. The molecule has 0 bridgehead atoms. The van der Waals surface area contributed by atoms with Crippen LogP contribution in [0.25, 0.3) is 0 Å². The first-order chi connectivity index (χ1) is 9.20. The Labute approximate surface area is 112 Å². The Morgan fingerprint density at radius 2 is 2.32 bits per heavy atom. The molecule has 1 aromatic carbocycles. The van der Waals surface area contributed by atoms with Gasteiger partial charge >= 0.3 is 5.97 Å². The molecule has 0 radical (unpaired) electrons. The number of carbonyl (C=O) groups excluding carboxylic acids is 1. The molecule has 2 N–H and O–H groups in total. The van der Waals surface area contributed by atoms with Crippen molar-refractivity contribution in [1.82, 2.24) is 0 Å². The zero-order valence-electron chi connectivity index (χ0n) is 11.1. The number of methoxy groups -OCH3 is 1. The van der Waals surface area contributed by atoms with Crippen LogP contribution in [0.4, 0.5) is 5.69 Å². The van der Waals surface area contributed by atoms with Crippen LogP contribution in [0.15, 0.2) is 18.2 Å². The van der Waals surface area contributed by atoms with Crippen LogP contribution in [0.1, 0.15) is 29.6 Å². The van der Waals surface area contributed by atoms with Crippen molar-refractivity contribution in [3.8, 4) is 5.75 Å². The molecule has 0 amide bonds. The van der Waals surface area contributed by atoms with E-state index in [1.54, 1.807) is 18.2 Å². The van der Waals surface area contributed by atoms with Crippen LogP contribution in [0, 0.1) is 0 Å². The molecule has 0 saturated carbocycles. The zero-order chi connectivity index (χ0) is 13.7. The van der Waals surface area contributed by atoms with Gasteiger partial charge in [0.25, 0.3) is 0 Å². The highest BCUT2D eigenvalue weighted by Crippen LogP contribution is 2.21. The van der Waals surface area contributed by atoms with Gasteiger partial charge in [0.1, 0.15) is 12.4 Å². The van der Waals surface area contributed by atoms with Gasteiger partial charge in [0.15, 0.2) is 0 Å². The largest absolute Gasteiger partial charge is 0.491 e. The highest BCUT2D eigenvalue weighted by molar-refractivity contribution is 5.95. The third kappa shape index (κ3) is 3.61. The molecule has 1 fully saturated rings. The molecule has 1 unspecified atom stereocenters. The number of esters is 1. The Kier molecular flexibility index (Phi) is 4.63. The number of ether oxygens (including phenoxy) is 3. The molecular weight excluding hydrogens is 246 g/mol. The minimum atomic E-state index is -0.461. The number of hydrogen-bond donors (Lipinski definition) is 1. The maximum Gasteiger partial charge on any atom is 0.340 e. The lowest BCUT2D eigenvalue weighted by Crippen LogP contribution is -2.25. The average Bonchev–Trinajstić information content (AvgIpc) is 2.46. The highest BCUT2D eigenvalue weighted by Gasteiger charge is 2.16. The third-order valence-corrected chi connectivity index (χ3v) is 3.14. The van der Waals surface area contributed by atoms with E-state index < -0.39 is 5.97 Å². The van der Waals surface area contributed by atoms with Gasteiger partial charge in [0, 0.05) is 12.3 Å². The Balaban J connectivity index is 1.98. The molecule has 1 saturated heterocycles. The first-order valence-electron chi connectivity index (χ1n) is 6.43. The third-order valence-electron chi connectivity index (χ3n) is 3.14. The maximum absolute atomic E-state index is 11.5. The van der Waals surface area contributed by atoms with Crippen LogP contribution in [0.5, 0.6) is 5.75 Å². The van der Waals surface area contributed by atoms with E-state index in [9.17, 15) is 4.79 Å². The van der Waals surface area contributed by atoms with Gasteiger partial charge in [-0.25, -0.2) is 4.79 Å². The summed E-state index contributed by atoms with van der Waals surface area (Å²) in [5, 5.41) is 0. The molecule has 0 aromatic heterocycles. The highest BCUT2D eigenvalue weighted by atomic mass is 16.5. The molecule has 1 aliphatic heterocycles. The molecule has 1 aromatic rings. The fourth-order valence-corrected chi connectivity index (χ4v) is 2.04. The summed E-state index contributed by atoms with van der Waals surface area (Å²) in [6.45, 7) is 1.29. The van der Waals surface area contributed by atoms with Crippen molar-refractivity contribution in [1.29, 1.82) is 0 Å². The van der Waals surface area contributed by atoms with E-state index in [0.29, 0.717) is 23.6 Å². The van der Waals surface area contributed by atoms with Crippen molar-refractivity contribution >= 4 is 11.7 Å². The SMILES string of the molecule is COC(=O)c1cc(OCC2CCCCO2)ccc1N. The van der Waals surface area contributed by atoms with E-state index in [1.165, 1.54) is 13.5 Å². The summed E-state index contributed by atoms with van der Waals surface area (Å²) in [4.78, 5) is 11.5. The summed E-state index contributed by atoms with van der Waals surface area (Å²) in [6, 6.07) is 4.98. The van der Waals surface area contributed by atoms with E-state index >= 15 is 0 Å². The first-order valence-corrected chi connectivity index (χ1v) is 6.43. The van der Waals surface area contributed by atoms with Crippen LogP contribution in [-0.4, -0.2) is 32.4 Å². The Morgan fingerprint density at radius 3 is 3.00 bits per heavy atom. The standard InChI is InChI=1S/C14H19NO4/c1-17-14(16)12-8-10(5-6-13(12)15)19-9-11-4-2-3-7-18-11/h5-6,8,11H,2-4,7,9,15H2,1H3. The van der Waals surface area contributed by atoms with Crippen LogP contribution in [0.3, 0.4) is 0 Å². The molecule has 1 aliphatic rings. The number of hydrogen-bond acceptors (Lipinski definition) is 5. The lowest BCUT2D eigenvalue weighted by atomic mass is 10.1. The van der Waals surface area contributed by atoms with E-state index in [4.69, 9.17) is 15.2 Å². The molecular formula is C14H19NO4. The smallest absolute Gasteiger partial charge is 0.340 e. The molecule has 2 rings (SSSR count). The minimum absolute atomic E-state index is 0.132. The minimum Gasteiger partial charge on any atom is -0.491 e. The van der Waals surface area contributed by atoms with Gasteiger partial charge < -0.3 is 19.9 Å². The summed E-state index contributed by atoms with van der Waals surface area (Å²) >= 11 is 0. The van der Waals surface area contributed by atoms with Crippen molar-refractivity contribution in [3.63, 3.8) is 0 Å². The molecule has 0 aliphatic carbocycles. The quantitative estimate of drug-likeness (QED) is 0.666. The fraction of sp³-hybridized carbons (Fsp3) is 0.500. The number of benzene rings is 1. The second kappa shape index (κ2) is 6.43. The van der Waals surface area contributed by atoms with E-state index in [2.05, 4.69) is 4.74 Å². The molecule has 1 atom stereocenters. The van der Waals surface area contributed by atoms with Gasteiger partial charge in [-0.15, -0.1) is 0 Å². The predicted molar refractivity (Wildman–Crippen MR) is 71.3 cm³/mol. The molecule has 0 spiro atoms. The topological polar surface area (TPSA) is 70.8 Å². The first kappa shape index (κ1) is 13.7. The molecule has 5 heteroatoms. The number of carbonyl (C=O) groups is 1. The normalized spacial score (nSPS) is 18.9. The molecule has 5 nitrogen and oxygen atoms in total. The number of rotatable bonds is 4. The Hall–Kier alpha value is -1.75. The van der Waals surface area contributed by atoms with Gasteiger partial charge in [-0.1, -0.05) is 0 Å². The van der Waals surface area contributed by atoms with Crippen LogP contribution in [-0.2, 0) is 9.47 Å². The predicted octanol–water partition coefficient (Wildman–Crippen LogP) is 2.00. The van der Waals surface area contributed by atoms with Crippen molar-refractivity contribution in [2.75, 3.05) is 26.1 Å². The van der Waals surface area contributed by atoms with Crippen molar-refractivity contribution in [3.05, 3.63) is 23.8 Å². The van der Waals surface area contributed by atoms with E-state index in [1.807, 2.05) is 0 Å². The second-order valence-corrected chi connectivity index (χ2v) is 4.54. The second-order valence-electron chi connectivity index (χ2n) is 4.54. The molecule has 1 heterocycles. The van der Waals surface area contributed by atoms with E-state index in [-0.39, 0.29) is 6.10 Å². The summed E-state index contributed by atoms with van der Waals surface area (Å²) in [5.41, 5.74) is 6.43. The number of nitrogens with two attached hydrogens (primary N) is 1. The maximum atomic E-state index is 11.5. The fourth-order valence-electron chi connectivity index (χ4n) is 2.04. The van der Waals surface area contributed by atoms with Crippen molar-refractivity contribution < 1.29 is 19.0 Å². The monoisotopic (exact) mass is 265 g/mol. The van der Waals surface area contributed by atoms with Gasteiger partial charge in [-0.05, 0) is 37.5 Å². The van der Waals surface area contributed by atoms with Crippen molar-refractivity contribution in [2.24, 2.45) is 0 Å². The van der Waals surface area contributed by atoms with Crippen LogP contribution < -0.4 is 10.5 Å². The Bertz CT molecular complexity index is 441. The molecule has 19 heavy (non-hydrogen) atoms. The number of nitrogen functional groups attached to an aromatic ring is 1. The van der Waals surface area contributed by atoms with Gasteiger partial charge in [-0.3, -0.25) is 0 Å². The Morgan fingerprint density at radius 1 is 1.47 bits per heavy atom. The van der Waals surface area contributed by atoms with Gasteiger partial charge in [0.2, 0.25) is 0 Å². The number of anilines is 1. The molecule has 104 valence electrons. The zero-order valence-corrected chi connectivity index (χ0v) is 11.1.